The van der Waals surface area contributed by atoms with Crippen LogP contribution in [0.2, 0.25) is 0 Å². The van der Waals surface area contributed by atoms with Crippen LogP contribution in [0.4, 0.5) is 4.79 Å². The number of rotatable bonds is 9. The van der Waals surface area contributed by atoms with E-state index in [1.165, 1.54) is 6.07 Å². The van der Waals surface area contributed by atoms with Crippen LogP contribution in [0.15, 0.2) is 59.1 Å². The molecule has 2 aliphatic rings. The minimum Gasteiger partial charge on any atom is -0.481 e. The van der Waals surface area contributed by atoms with Gasteiger partial charge in [-0.1, -0.05) is 53.7 Å². The number of nitrogens with zero attached hydrogens (tertiary/aromatic N) is 1. The highest BCUT2D eigenvalue weighted by molar-refractivity contribution is 5.92. The molecule has 1 unspecified atom stereocenters. The molecule has 1 fully saturated rings. The zero-order valence-corrected chi connectivity index (χ0v) is 18.9. The van der Waals surface area contributed by atoms with Crippen LogP contribution >= 0.6 is 0 Å². The minimum atomic E-state index is -0.963. The van der Waals surface area contributed by atoms with E-state index in [0.29, 0.717) is 0 Å². The van der Waals surface area contributed by atoms with Crippen molar-refractivity contribution < 1.29 is 28.8 Å². The van der Waals surface area contributed by atoms with Crippen LogP contribution in [0.3, 0.4) is 0 Å². The Balaban J connectivity index is 1.13. The van der Waals surface area contributed by atoms with Crippen LogP contribution in [0.1, 0.15) is 52.6 Å². The molecular formula is C26H25N3O6. The van der Waals surface area contributed by atoms with Crippen LogP contribution in [-0.4, -0.2) is 40.9 Å². The van der Waals surface area contributed by atoms with Crippen molar-refractivity contribution in [3.8, 4) is 11.1 Å². The quantitative estimate of drug-likeness (QED) is 0.430. The van der Waals surface area contributed by atoms with Gasteiger partial charge in [-0.25, -0.2) is 4.79 Å². The standard InChI is InChI=1S/C26H25N3O6/c30-24(31)12-22(15-9-10-15)28-25(32)23-11-16(35-29-23)13-27-26(33)34-14-21-19-7-3-1-5-17(19)18-6-2-4-8-20(18)21/h1-8,11,15,21-22H,9-10,12-14H2,(H,27,33)(H,28,32)(H,30,31). The van der Waals surface area contributed by atoms with Gasteiger partial charge in [-0.15, -0.1) is 0 Å². The highest BCUT2D eigenvalue weighted by Crippen LogP contribution is 2.44. The third kappa shape index (κ3) is 5.03. The summed E-state index contributed by atoms with van der Waals surface area (Å²) >= 11 is 0. The Morgan fingerprint density at radius 3 is 2.34 bits per heavy atom. The van der Waals surface area contributed by atoms with Gasteiger partial charge in [0.25, 0.3) is 5.91 Å². The summed E-state index contributed by atoms with van der Waals surface area (Å²) in [5.41, 5.74) is 4.58. The van der Waals surface area contributed by atoms with E-state index in [1.807, 2.05) is 36.4 Å². The summed E-state index contributed by atoms with van der Waals surface area (Å²) in [6.07, 6.45) is 1.05. The van der Waals surface area contributed by atoms with Crippen molar-refractivity contribution in [3.63, 3.8) is 0 Å². The maximum absolute atomic E-state index is 12.4. The lowest BCUT2D eigenvalue weighted by Gasteiger charge is -2.14. The molecule has 2 amide bonds. The van der Waals surface area contributed by atoms with Crippen molar-refractivity contribution in [1.29, 1.82) is 0 Å². The van der Waals surface area contributed by atoms with Crippen molar-refractivity contribution in [3.05, 3.63) is 77.2 Å². The predicted molar refractivity (Wildman–Crippen MR) is 125 cm³/mol. The van der Waals surface area contributed by atoms with Gasteiger partial charge >= 0.3 is 12.1 Å². The number of carbonyl (C=O) groups is 3. The number of amides is 2. The normalized spacial score (nSPS) is 15.1. The van der Waals surface area contributed by atoms with Crippen LogP contribution < -0.4 is 10.6 Å². The van der Waals surface area contributed by atoms with E-state index in [9.17, 15) is 14.4 Å². The van der Waals surface area contributed by atoms with Crippen molar-refractivity contribution in [1.82, 2.24) is 15.8 Å². The van der Waals surface area contributed by atoms with Crippen LogP contribution in [-0.2, 0) is 16.1 Å². The maximum atomic E-state index is 12.4. The first-order chi connectivity index (χ1) is 17.0. The number of aliphatic carboxylic acids is 1. The molecule has 0 aliphatic heterocycles. The third-order valence-corrected chi connectivity index (χ3v) is 6.44. The number of ether oxygens (including phenoxy) is 1. The SMILES string of the molecule is O=C(O)CC(NC(=O)c1cc(CNC(=O)OCC2c3ccccc3-c3ccccc32)on1)C1CC1. The Hall–Kier alpha value is -4.14. The Morgan fingerprint density at radius 2 is 1.71 bits per heavy atom. The van der Waals surface area contributed by atoms with Crippen molar-refractivity contribution in [2.24, 2.45) is 5.92 Å². The second-order valence-corrected chi connectivity index (χ2v) is 8.87. The highest BCUT2D eigenvalue weighted by atomic mass is 16.5. The summed E-state index contributed by atoms with van der Waals surface area (Å²) in [5.74, 6) is -1.05. The summed E-state index contributed by atoms with van der Waals surface area (Å²) in [4.78, 5) is 35.8. The van der Waals surface area contributed by atoms with Crippen LogP contribution in [0, 0.1) is 5.92 Å². The zero-order valence-electron chi connectivity index (χ0n) is 18.9. The number of aromatic nitrogens is 1. The van der Waals surface area contributed by atoms with Crippen molar-refractivity contribution in [2.75, 3.05) is 6.61 Å². The molecule has 1 aromatic heterocycles. The molecule has 180 valence electrons. The van der Waals surface area contributed by atoms with Gasteiger partial charge in [0.15, 0.2) is 11.5 Å². The van der Waals surface area contributed by atoms with Crippen LogP contribution in [0.5, 0.6) is 0 Å². The van der Waals surface area contributed by atoms with Gasteiger partial charge < -0.3 is 25.0 Å². The van der Waals surface area contributed by atoms with E-state index in [4.69, 9.17) is 14.4 Å². The number of carboxylic acid groups (broad SMARTS) is 1. The number of carboxylic acids is 1. The average molecular weight is 476 g/mol. The van der Waals surface area contributed by atoms with Crippen molar-refractivity contribution in [2.45, 2.75) is 37.8 Å². The summed E-state index contributed by atoms with van der Waals surface area (Å²) in [7, 11) is 0. The number of hydrogen-bond acceptors (Lipinski definition) is 6. The van der Waals surface area contributed by atoms with Gasteiger partial charge in [0, 0.05) is 18.0 Å². The Kier molecular flexibility index (Phi) is 6.22. The molecule has 35 heavy (non-hydrogen) atoms. The molecule has 0 radical (unpaired) electrons. The molecule has 9 heteroatoms. The van der Waals surface area contributed by atoms with Gasteiger partial charge in [0.2, 0.25) is 0 Å². The smallest absolute Gasteiger partial charge is 0.407 e. The van der Waals surface area contributed by atoms with E-state index in [0.717, 1.165) is 35.1 Å². The Morgan fingerprint density at radius 1 is 1.06 bits per heavy atom. The molecule has 5 rings (SSSR count). The summed E-state index contributed by atoms with van der Waals surface area (Å²) in [6.45, 7) is 0.189. The molecular weight excluding hydrogens is 450 g/mol. The second kappa shape index (κ2) is 9.61. The number of nitrogens with one attached hydrogen (secondary N) is 2. The van der Waals surface area contributed by atoms with E-state index in [2.05, 4.69) is 27.9 Å². The molecule has 3 aromatic rings. The third-order valence-electron chi connectivity index (χ3n) is 6.44. The topological polar surface area (TPSA) is 131 Å². The Labute approximate surface area is 201 Å². The number of hydrogen-bond donors (Lipinski definition) is 3. The molecule has 9 nitrogen and oxygen atoms in total. The maximum Gasteiger partial charge on any atom is 0.407 e. The van der Waals surface area contributed by atoms with Crippen LogP contribution in [0.25, 0.3) is 11.1 Å². The molecule has 0 bridgehead atoms. The van der Waals surface area contributed by atoms with Gasteiger partial charge in [-0.2, -0.15) is 0 Å². The highest BCUT2D eigenvalue weighted by Gasteiger charge is 2.34. The largest absolute Gasteiger partial charge is 0.481 e. The summed E-state index contributed by atoms with van der Waals surface area (Å²) in [5, 5.41) is 18.1. The monoisotopic (exact) mass is 475 g/mol. The van der Waals surface area contributed by atoms with Crippen molar-refractivity contribution >= 4 is 18.0 Å². The first-order valence-corrected chi connectivity index (χ1v) is 11.6. The minimum absolute atomic E-state index is 0.00185. The van der Waals surface area contributed by atoms with Gasteiger partial charge in [0.05, 0.1) is 13.0 Å². The lowest BCUT2D eigenvalue weighted by Crippen LogP contribution is -2.38. The number of benzene rings is 2. The first-order valence-electron chi connectivity index (χ1n) is 11.6. The molecule has 3 N–H and O–H groups in total. The zero-order chi connectivity index (χ0) is 24.4. The fraction of sp³-hybridized carbons (Fsp3) is 0.308. The predicted octanol–water partition coefficient (Wildman–Crippen LogP) is 3.70. The molecule has 1 saturated carbocycles. The fourth-order valence-corrected chi connectivity index (χ4v) is 4.58. The molecule has 2 aromatic carbocycles. The van der Waals surface area contributed by atoms with Gasteiger partial charge in [-0.05, 0) is 41.0 Å². The number of alkyl carbamates (subject to hydrolysis) is 1. The Bertz CT molecular complexity index is 1220. The molecule has 0 spiro atoms. The molecule has 0 saturated heterocycles. The fourth-order valence-electron chi connectivity index (χ4n) is 4.58. The molecule has 1 heterocycles. The number of carbonyl (C=O) groups excluding carboxylic acids is 2. The average Bonchev–Trinajstić information content (AvgIpc) is 3.51. The molecule has 1 atom stereocenters. The van der Waals surface area contributed by atoms with E-state index >= 15 is 0 Å². The second-order valence-electron chi connectivity index (χ2n) is 8.87. The number of fused-ring (bicyclic) bond motifs is 3. The van der Waals surface area contributed by atoms with Gasteiger partial charge in [0.1, 0.15) is 6.61 Å². The lowest BCUT2D eigenvalue weighted by atomic mass is 9.98. The van der Waals surface area contributed by atoms with Gasteiger partial charge in [-0.3, -0.25) is 9.59 Å². The summed E-state index contributed by atoms with van der Waals surface area (Å²) < 4.78 is 10.6. The van der Waals surface area contributed by atoms with E-state index < -0.39 is 24.0 Å². The first kappa shape index (κ1) is 22.6. The molecule has 2 aliphatic carbocycles. The summed E-state index contributed by atoms with van der Waals surface area (Å²) in [6, 6.07) is 17.2. The van der Waals surface area contributed by atoms with E-state index in [-0.39, 0.29) is 42.9 Å². The van der Waals surface area contributed by atoms with E-state index in [1.54, 1.807) is 0 Å². The lowest BCUT2D eigenvalue weighted by molar-refractivity contribution is -0.137.